The molecular weight excluding hydrogens is 218 g/mol. The number of rotatable bonds is 3. The minimum Gasteiger partial charge on any atom is -0.388 e. The first-order chi connectivity index (χ1) is 8.29. The smallest absolute Gasteiger partial charge is 0.276 e. The van der Waals surface area contributed by atoms with Gasteiger partial charge in [-0.05, 0) is 18.2 Å². The molecule has 0 radical (unpaired) electrons. The third kappa shape index (κ3) is 2.75. The first kappa shape index (κ1) is 11.0. The molecule has 2 rings (SSSR count). The van der Waals surface area contributed by atoms with Crippen LogP contribution in [0.3, 0.4) is 0 Å². The zero-order chi connectivity index (χ0) is 12.1. The Bertz CT molecular complexity index is 514. The van der Waals surface area contributed by atoms with Gasteiger partial charge in [0.15, 0.2) is 0 Å². The largest absolute Gasteiger partial charge is 0.388 e. The maximum atomic E-state index is 11.8. The topological polar surface area (TPSA) is 79.8 Å². The van der Waals surface area contributed by atoms with E-state index in [2.05, 4.69) is 25.6 Å². The first-order valence-corrected chi connectivity index (χ1v) is 5.02. The van der Waals surface area contributed by atoms with Gasteiger partial charge < -0.3 is 5.32 Å². The molecule has 2 N–H and O–H groups in total. The van der Waals surface area contributed by atoms with Crippen molar-refractivity contribution in [2.45, 2.75) is 0 Å². The maximum absolute atomic E-state index is 11.8. The van der Waals surface area contributed by atoms with Crippen molar-refractivity contribution in [1.29, 1.82) is 0 Å². The molecule has 1 amide bonds. The van der Waals surface area contributed by atoms with Gasteiger partial charge in [0.05, 0.1) is 0 Å². The van der Waals surface area contributed by atoms with Crippen molar-refractivity contribution in [3.8, 4) is 0 Å². The van der Waals surface area contributed by atoms with Crippen molar-refractivity contribution in [3.05, 3.63) is 42.5 Å². The standard InChI is InChI=1S/C11H11N5O/c1-12-8-3-6-13-9(7-8)10(17)16-11-14-4-2-5-15-11/h2-7H,1H3,(H,12,13)(H,14,15,16,17). The second kappa shape index (κ2) is 5.02. The molecule has 0 aromatic carbocycles. The van der Waals surface area contributed by atoms with E-state index in [0.717, 1.165) is 5.69 Å². The fraction of sp³-hybridized carbons (Fsp3) is 0.0909. The zero-order valence-electron chi connectivity index (χ0n) is 9.21. The lowest BCUT2D eigenvalue weighted by molar-refractivity contribution is 0.102. The third-order valence-electron chi connectivity index (χ3n) is 2.07. The average molecular weight is 229 g/mol. The molecule has 0 aliphatic heterocycles. The lowest BCUT2D eigenvalue weighted by Gasteiger charge is -2.04. The van der Waals surface area contributed by atoms with Gasteiger partial charge in [0.25, 0.3) is 5.91 Å². The SMILES string of the molecule is CNc1ccnc(C(=O)Nc2ncccn2)c1. The summed E-state index contributed by atoms with van der Waals surface area (Å²) >= 11 is 0. The number of nitrogens with zero attached hydrogens (tertiary/aromatic N) is 3. The summed E-state index contributed by atoms with van der Waals surface area (Å²) in [4.78, 5) is 23.6. The van der Waals surface area contributed by atoms with Crippen molar-refractivity contribution in [2.24, 2.45) is 0 Å². The van der Waals surface area contributed by atoms with E-state index in [0.29, 0.717) is 5.69 Å². The van der Waals surface area contributed by atoms with Gasteiger partial charge in [0, 0.05) is 31.3 Å². The molecule has 2 aromatic heterocycles. The number of carbonyl (C=O) groups is 1. The van der Waals surface area contributed by atoms with Crippen LogP contribution in [0.15, 0.2) is 36.8 Å². The molecule has 2 aromatic rings. The van der Waals surface area contributed by atoms with Crippen molar-refractivity contribution in [1.82, 2.24) is 15.0 Å². The summed E-state index contributed by atoms with van der Waals surface area (Å²) in [6.07, 6.45) is 4.67. The van der Waals surface area contributed by atoms with Gasteiger partial charge >= 0.3 is 0 Å². The summed E-state index contributed by atoms with van der Waals surface area (Å²) < 4.78 is 0. The molecule has 0 saturated carbocycles. The molecule has 17 heavy (non-hydrogen) atoms. The van der Waals surface area contributed by atoms with Crippen molar-refractivity contribution in [2.75, 3.05) is 17.7 Å². The molecule has 2 heterocycles. The molecule has 6 nitrogen and oxygen atoms in total. The van der Waals surface area contributed by atoms with Crippen LogP contribution in [-0.4, -0.2) is 27.9 Å². The third-order valence-corrected chi connectivity index (χ3v) is 2.07. The minimum absolute atomic E-state index is 0.258. The number of carbonyl (C=O) groups excluding carboxylic acids is 1. The second-order valence-corrected chi connectivity index (χ2v) is 3.21. The fourth-order valence-electron chi connectivity index (χ4n) is 1.24. The van der Waals surface area contributed by atoms with E-state index in [4.69, 9.17) is 0 Å². The van der Waals surface area contributed by atoms with Crippen LogP contribution in [0.25, 0.3) is 0 Å². The van der Waals surface area contributed by atoms with Crippen LogP contribution in [0, 0.1) is 0 Å². The van der Waals surface area contributed by atoms with Gasteiger partial charge in [-0.1, -0.05) is 0 Å². The summed E-state index contributed by atoms with van der Waals surface area (Å²) in [5.41, 5.74) is 1.13. The Morgan fingerprint density at radius 1 is 1.18 bits per heavy atom. The summed E-state index contributed by atoms with van der Waals surface area (Å²) in [6.45, 7) is 0. The lowest BCUT2D eigenvalue weighted by Crippen LogP contribution is -2.15. The van der Waals surface area contributed by atoms with E-state index in [1.54, 1.807) is 43.8 Å². The summed E-state index contributed by atoms with van der Waals surface area (Å²) in [5.74, 6) is -0.0811. The summed E-state index contributed by atoms with van der Waals surface area (Å²) in [6, 6.07) is 5.10. The number of hydrogen-bond acceptors (Lipinski definition) is 5. The Labute approximate surface area is 98.1 Å². The first-order valence-electron chi connectivity index (χ1n) is 5.02. The zero-order valence-corrected chi connectivity index (χ0v) is 9.21. The van der Waals surface area contributed by atoms with E-state index < -0.39 is 0 Å². The quantitative estimate of drug-likeness (QED) is 0.825. The van der Waals surface area contributed by atoms with Crippen LogP contribution >= 0.6 is 0 Å². The molecule has 6 heteroatoms. The predicted molar refractivity (Wildman–Crippen MR) is 63.8 cm³/mol. The van der Waals surface area contributed by atoms with Crippen LogP contribution in [0.1, 0.15) is 10.5 Å². The molecule has 86 valence electrons. The molecule has 0 saturated heterocycles. The van der Waals surface area contributed by atoms with Crippen LogP contribution < -0.4 is 10.6 Å². The molecule has 0 atom stereocenters. The molecule has 0 bridgehead atoms. The Morgan fingerprint density at radius 2 is 1.94 bits per heavy atom. The van der Waals surface area contributed by atoms with E-state index >= 15 is 0 Å². The van der Waals surface area contributed by atoms with Crippen LogP contribution in [-0.2, 0) is 0 Å². The van der Waals surface area contributed by atoms with Crippen molar-refractivity contribution < 1.29 is 4.79 Å². The Kier molecular flexibility index (Phi) is 3.25. The Hall–Kier alpha value is -2.50. The summed E-state index contributed by atoms with van der Waals surface area (Å²) in [5, 5.41) is 5.49. The van der Waals surface area contributed by atoms with Gasteiger partial charge in [-0.3, -0.25) is 15.1 Å². The predicted octanol–water partition coefficient (Wildman–Crippen LogP) is 1.17. The molecular formula is C11H11N5O. The number of hydrogen-bond donors (Lipinski definition) is 2. The number of nitrogens with one attached hydrogen (secondary N) is 2. The van der Waals surface area contributed by atoms with Gasteiger partial charge in [-0.2, -0.15) is 0 Å². The normalized spacial score (nSPS) is 9.71. The van der Waals surface area contributed by atoms with E-state index in [1.165, 1.54) is 0 Å². The Morgan fingerprint density at radius 3 is 2.65 bits per heavy atom. The highest BCUT2D eigenvalue weighted by Crippen LogP contribution is 2.08. The van der Waals surface area contributed by atoms with E-state index in [1.807, 2.05) is 0 Å². The minimum atomic E-state index is -0.340. The molecule has 0 aliphatic carbocycles. The number of pyridine rings is 1. The van der Waals surface area contributed by atoms with Gasteiger partial charge in [-0.15, -0.1) is 0 Å². The van der Waals surface area contributed by atoms with Gasteiger partial charge in [0.2, 0.25) is 5.95 Å². The molecule has 0 fully saturated rings. The second-order valence-electron chi connectivity index (χ2n) is 3.21. The van der Waals surface area contributed by atoms with Crippen LogP contribution in [0.2, 0.25) is 0 Å². The molecule has 0 spiro atoms. The molecule has 0 unspecified atom stereocenters. The highest BCUT2D eigenvalue weighted by molar-refractivity contribution is 6.02. The van der Waals surface area contributed by atoms with Crippen molar-refractivity contribution >= 4 is 17.5 Å². The van der Waals surface area contributed by atoms with Crippen LogP contribution in [0.4, 0.5) is 11.6 Å². The highest BCUT2D eigenvalue weighted by atomic mass is 16.2. The van der Waals surface area contributed by atoms with Gasteiger partial charge in [-0.25, -0.2) is 9.97 Å². The van der Waals surface area contributed by atoms with E-state index in [9.17, 15) is 4.79 Å². The highest BCUT2D eigenvalue weighted by Gasteiger charge is 2.08. The number of anilines is 2. The van der Waals surface area contributed by atoms with Crippen LogP contribution in [0.5, 0.6) is 0 Å². The number of amides is 1. The lowest BCUT2D eigenvalue weighted by atomic mass is 10.3. The average Bonchev–Trinajstić information content (AvgIpc) is 2.40. The van der Waals surface area contributed by atoms with E-state index in [-0.39, 0.29) is 11.9 Å². The summed E-state index contributed by atoms with van der Waals surface area (Å²) in [7, 11) is 1.78. The number of aromatic nitrogens is 3. The fourth-order valence-corrected chi connectivity index (χ4v) is 1.24. The molecule has 0 aliphatic rings. The monoisotopic (exact) mass is 229 g/mol. The van der Waals surface area contributed by atoms with Gasteiger partial charge in [0.1, 0.15) is 5.69 Å². The van der Waals surface area contributed by atoms with Crippen molar-refractivity contribution in [3.63, 3.8) is 0 Å². The maximum Gasteiger partial charge on any atom is 0.276 e. The Balaban J connectivity index is 2.14.